The Kier molecular flexibility index (Phi) is 3.98. The molecule has 0 fully saturated rings. The van der Waals surface area contributed by atoms with Crippen LogP contribution in [0.5, 0.6) is 11.5 Å². The van der Waals surface area contributed by atoms with Crippen LogP contribution in [0.15, 0.2) is 24.3 Å². The molecule has 2 rings (SSSR count). The molecule has 0 saturated heterocycles. The number of methoxy groups -OCH3 is 3. The van der Waals surface area contributed by atoms with Crippen LogP contribution in [-0.4, -0.2) is 38.4 Å². The minimum atomic E-state index is -0.833. The van der Waals surface area contributed by atoms with Crippen molar-refractivity contribution in [2.45, 2.75) is 0 Å². The second-order valence-corrected chi connectivity index (χ2v) is 4.19. The maximum atomic E-state index is 11.9. The summed E-state index contributed by atoms with van der Waals surface area (Å²) in [4.78, 5) is 23.7. The number of phenolic OH excluding ortho intramolecular Hbond substituents is 1. The average molecular weight is 290 g/mol. The first kappa shape index (κ1) is 14.6. The van der Waals surface area contributed by atoms with E-state index in [0.29, 0.717) is 16.5 Å². The Morgan fingerprint density at radius 3 is 2.29 bits per heavy atom. The largest absolute Gasteiger partial charge is 0.506 e. The van der Waals surface area contributed by atoms with Gasteiger partial charge in [-0.3, -0.25) is 0 Å². The van der Waals surface area contributed by atoms with Crippen LogP contribution in [0.3, 0.4) is 0 Å². The van der Waals surface area contributed by atoms with Crippen molar-refractivity contribution in [2.24, 2.45) is 0 Å². The lowest BCUT2D eigenvalue weighted by Crippen LogP contribution is -2.12. The summed E-state index contributed by atoms with van der Waals surface area (Å²) in [6, 6.07) is 6.49. The van der Waals surface area contributed by atoms with Gasteiger partial charge in [0, 0.05) is 0 Å². The predicted molar refractivity (Wildman–Crippen MR) is 74.8 cm³/mol. The lowest BCUT2D eigenvalue weighted by molar-refractivity contribution is 0.0552. The summed E-state index contributed by atoms with van der Waals surface area (Å²) in [5.41, 5.74) is -0.316. The summed E-state index contributed by atoms with van der Waals surface area (Å²) in [6.07, 6.45) is 0. The molecule has 0 bridgehead atoms. The molecule has 0 saturated carbocycles. The van der Waals surface area contributed by atoms with E-state index in [1.165, 1.54) is 20.3 Å². The molecule has 110 valence electrons. The predicted octanol–water partition coefficient (Wildman–Crippen LogP) is 2.13. The highest BCUT2D eigenvalue weighted by atomic mass is 16.5. The molecule has 1 N–H and O–H groups in total. The van der Waals surface area contributed by atoms with Crippen LogP contribution in [0.4, 0.5) is 0 Å². The third-order valence-corrected chi connectivity index (χ3v) is 3.12. The van der Waals surface area contributed by atoms with E-state index in [9.17, 15) is 14.7 Å². The Hall–Kier alpha value is -2.76. The Morgan fingerprint density at radius 1 is 1.05 bits per heavy atom. The fourth-order valence-corrected chi connectivity index (χ4v) is 2.15. The lowest BCUT2D eigenvalue weighted by atomic mass is 9.98. The van der Waals surface area contributed by atoms with E-state index in [1.807, 2.05) is 0 Å². The highest BCUT2D eigenvalue weighted by Crippen LogP contribution is 2.38. The molecule has 2 aromatic rings. The SMILES string of the molecule is COC(=O)c1cc2cccc(OC)c2c(O)c1C(=O)OC. The number of hydrogen-bond acceptors (Lipinski definition) is 6. The van der Waals surface area contributed by atoms with E-state index < -0.39 is 11.9 Å². The number of ether oxygens (including phenoxy) is 3. The van der Waals surface area contributed by atoms with Gasteiger partial charge in [0.1, 0.15) is 17.1 Å². The van der Waals surface area contributed by atoms with E-state index in [-0.39, 0.29) is 16.9 Å². The van der Waals surface area contributed by atoms with Crippen molar-refractivity contribution in [1.82, 2.24) is 0 Å². The second kappa shape index (κ2) is 5.70. The molecule has 0 aliphatic carbocycles. The highest BCUT2D eigenvalue weighted by molar-refractivity contribution is 6.12. The minimum Gasteiger partial charge on any atom is -0.506 e. The van der Waals surface area contributed by atoms with Crippen molar-refractivity contribution in [2.75, 3.05) is 21.3 Å². The summed E-state index contributed by atoms with van der Waals surface area (Å²) in [6.45, 7) is 0. The Balaban J connectivity index is 2.91. The van der Waals surface area contributed by atoms with Crippen LogP contribution in [0.25, 0.3) is 10.8 Å². The number of phenols is 1. The van der Waals surface area contributed by atoms with Crippen molar-refractivity contribution >= 4 is 22.7 Å². The molecule has 6 nitrogen and oxygen atoms in total. The Morgan fingerprint density at radius 2 is 1.71 bits per heavy atom. The lowest BCUT2D eigenvalue weighted by Gasteiger charge is -2.13. The molecule has 0 aromatic heterocycles. The first-order chi connectivity index (χ1) is 10.0. The van der Waals surface area contributed by atoms with Crippen LogP contribution in [0.2, 0.25) is 0 Å². The van der Waals surface area contributed by atoms with Crippen molar-refractivity contribution in [3.05, 3.63) is 35.4 Å². The van der Waals surface area contributed by atoms with Gasteiger partial charge in [-0.1, -0.05) is 12.1 Å². The highest BCUT2D eigenvalue weighted by Gasteiger charge is 2.26. The normalized spacial score (nSPS) is 10.2. The topological polar surface area (TPSA) is 82.1 Å². The summed E-state index contributed by atoms with van der Waals surface area (Å²) < 4.78 is 14.4. The minimum absolute atomic E-state index is 0.0670. The van der Waals surface area contributed by atoms with E-state index in [1.54, 1.807) is 18.2 Å². The van der Waals surface area contributed by atoms with Crippen LogP contribution >= 0.6 is 0 Å². The van der Waals surface area contributed by atoms with Crippen molar-refractivity contribution < 1.29 is 28.9 Å². The van der Waals surface area contributed by atoms with Gasteiger partial charge < -0.3 is 19.3 Å². The third kappa shape index (κ3) is 2.35. The zero-order valence-corrected chi connectivity index (χ0v) is 11.8. The molecular formula is C15H14O6. The van der Waals surface area contributed by atoms with Gasteiger partial charge >= 0.3 is 11.9 Å². The number of benzene rings is 2. The van der Waals surface area contributed by atoms with E-state index >= 15 is 0 Å². The summed E-state index contributed by atoms with van der Waals surface area (Å²) in [7, 11) is 3.80. The second-order valence-electron chi connectivity index (χ2n) is 4.19. The van der Waals surface area contributed by atoms with Gasteiger partial charge in [0.25, 0.3) is 0 Å². The quantitative estimate of drug-likeness (QED) is 0.872. The molecule has 0 heterocycles. The fourth-order valence-electron chi connectivity index (χ4n) is 2.15. The van der Waals surface area contributed by atoms with Gasteiger partial charge in [-0.2, -0.15) is 0 Å². The summed E-state index contributed by atoms with van der Waals surface area (Å²) in [5, 5.41) is 11.3. The van der Waals surface area contributed by atoms with Gasteiger partial charge in [0.2, 0.25) is 0 Å². The number of fused-ring (bicyclic) bond motifs is 1. The standard InChI is InChI=1S/C15H14O6/c1-19-10-6-4-5-8-7-9(14(17)20-2)12(15(18)21-3)13(16)11(8)10/h4-7,16H,1-3H3. The Labute approximate surface area is 120 Å². The van der Waals surface area contributed by atoms with Gasteiger partial charge in [-0.05, 0) is 17.5 Å². The summed E-state index contributed by atoms with van der Waals surface area (Å²) >= 11 is 0. The van der Waals surface area contributed by atoms with Crippen LogP contribution < -0.4 is 4.74 Å². The smallest absolute Gasteiger partial charge is 0.342 e. The molecule has 0 aliphatic heterocycles. The van der Waals surface area contributed by atoms with Crippen molar-refractivity contribution in [1.29, 1.82) is 0 Å². The van der Waals surface area contributed by atoms with Crippen molar-refractivity contribution in [3.8, 4) is 11.5 Å². The first-order valence-electron chi connectivity index (χ1n) is 6.04. The van der Waals surface area contributed by atoms with Gasteiger partial charge in [-0.15, -0.1) is 0 Å². The van der Waals surface area contributed by atoms with Crippen molar-refractivity contribution in [3.63, 3.8) is 0 Å². The monoisotopic (exact) mass is 290 g/mol. The van der Waals surface area contributed by atoms with Gasteiger partial charge in [-0.25, -0.2) is 9.59 Å². The average Bonchev–Trinajstić information content (AvgIpc) is 2.52. The molecule has 21 heavy (non-hydrogen) atoms. The number of esters is 2. The molecule has 2 aromatic carbocycles. The van der Waals surface area contributed by atoms with Gasteiger partial charge in [0.15, 0.2) is 0 Å². The van der Waals surface area contributed by atoms with Crippen LogP contribution in [0, 0.1) is 0 Å². The summed E-state index contributed by atoms with van der Waals surface area (Å²) in [5.74, 6) is -1.57. The van der Waals surface area contributed by atoms with E-state index in [2.05, 4.69) is 9.47 Å². The molecule has 0 spiro atoms. The number of aromatic hydroxyl groups is 1. The zero-order chi connectivity index (χ0) is 15.6. The molecule has 0 amide bonds. The van der Waals surface area contributed by atoms with Crippen LogP contribution in [-0.2, 0) is 9.47 Å². The zero-order valence-electron chi connectivity index (χ0n) is 11.8. The first-order valence-corrected chi connectivity index (χ1v) is 6.04. The van der Waals surface area contributed by atoms with E-state index in [4.69, 9.17) is 4.74 Å². The van der Waals surface area contributed by atoms with Crippen LogP contribution in [0.1, 0.15) is 20.7 Å². The molecule has 0 radical (unpaired) electrons. The van der Waals surface area contributed by atoms with Gasteiger partial charge in [0.05, 0.1) is 32.3 Å². The number of rotatable bonds is 3. The maximum absolute atomic E-state index is 11.9. The molecule has 0 unspecified atom stereocenters. The molecular weight excluding hydrogens is 276 g/mol. The molecule has 6 heteroatoms. The number of carbonyl (C=O) groups is 2. The number of hydrogen-bond donors (Lipinski definition) is 1. The Bertz CT molecular complexity index is 720. The molecule has 0 atom stereocenters. The third-order valence-electron chi connectivity index (χ3n) is 3.12. The number of carbonyl (C=O) groups excluding carboxylic acids is 2. The maximum Gasteiger partial charge on any atom is 0.342 e. The van der Waals surface area contributed by atoms with E-state index in [0.717, 1.165) is 7.11 Å². The fraction of sp³-hybridized carbons (Fsp3) is 0.200. The molecule has 0 aliphatic rings.